The second-order valence-electron chi connectivity index (χ2n) is 9.26. The summed E-state index contributed by atoms with van der Waals surface area (Å²) in [6.45, 7) is 0. The SMILES string of the molecule is ClN1P(Oc2cccc3ccccc23)N=P(Oc2cccc3ccccc23)(Oc2cccc3ccccc23)N(Cl)P1Cl. The zero-order valence-corrected chi connectivity index (χ0v) is 26.6. The van der Waals surface area contributed by atoms with Crippen LogP contribution in [0, 0.1) is 0 Å². The lowest BCUT2D eigenvalue weighted by atomic mass is 10.1. The van der Waals surface area contributed by atoms with Crippen LogP contribution in [0.1, 0.15) is 0 Å². The van der Waals surface area contributed by atoms with E-state index in [0.29, 0.717) is 17.2 Å². The molecule has 0 bridgehead atoms. The van der Waals surface area contributed by atoms with Crippen molar-refractivity contribution in [1.29, 1.82) is 0 Å². The molecule has 42 heavy (non-hydrogen) atoms. The minimum absolute atomic E-state index is 0.555. The summed E-state index contributed by atoms with van der Waals surface area (Å²) in [4.78, 5) is 0. The first-order valence-electron chi connectivity index (χ1n) is 12.8. The average Bonchev–Trinajstić information content (AvgIpc) is 3.03. The predicted molar refractivity (Wildman–Crippen MR) is 178 cm³/mol. The monoisotopic (exact) mass is 669 g/mol. The number of nitrogens with zero attached hydrogens (tertiary/aromatic N) is 3. The van der Waals surface area contributed by atoms with Crippen molar-refractivity contribution in [2.75, 3.05) is 0 Å². The Morgan fingerprint density at radius 2 is 0.952 bits per heavy atom. The molecule has 2 unspecified atom stereocenters. The number of hydrogen-bond donors (Lipinski definition) is 0. The van der Waals surface area contributed by atoms with Gasteiger partial charge in [0.25, 0.3) is 0 Å². The highest BCUT2D eigenvalue weighted by Crippen LogP contribution is 2.81. The number of rotatable bonds is 6. The summed E-state index contributed by atoms with van der Waals surface area (Å²) in [7, 11) is -7.38. The fraction of sp³-hybridized carbons (Fsp3) is 0. The van der Waals surface area contributed by atoms with Crippen LogP contribution >= 0.6 is 58.5 Å². The fourth-order valence-electron chi connectivity index (χ4n) is 4.72. The molecule has 6 nitrogen and oxygen atoms in total. The van der Waals surface area contributed by atoms with Gasteiger partial charge in [-0.05, 0) is 57.9 Å². The zero-order chi connectivity index (χ0) is 28.7. The van der Waals surface area contributed by atoms with Crippen molar-refractivity contribution in [3.8, 4) is 17.2 Å². The van der Waals surface area contributed by atoms with E-state index in [9.17, 15) is 0 Å². The lowest BCUT2D eigenvalue weighted by Gasteiger charge is -2.39. The molecule has 0 saturated heterocycles. The van der Waals surface area contributed by atoms with Crippen LogP contribution in [0.15, 0.2) is 132 Å². The minimum Gasteiger partial charge on any atom is -0.438 e. The first kappa shape index (κ1) is 28.2. The van der Waals surface area contributed by atoms with Crippen molar-refractivity contribution in [2.45, 2.75) is 0 Å². The highest BCUT2D eigenvalue weighted by Gasteiger charge is 2.51. The van der Waals surface area contributed by atoms with Gasteiger partial charge in [0.05, 0.1) is 0 Å². The third-order valence-corrected chi connectivity index (χ3v) is 16.6. The van der Waals surface area contributed by atoms with E-state index in [-0.39, 0.29) is 0 Å². The molecule has 0 saturated carbocycles. The van der Waals surface area contributed by atoms with Crippen LogP contribution in [0.4, 0.5) is 0 Å². The van der Waals surface area contributed by atoms with E-state index in [1.165, 1.54) is 7.92 Å². The van der Waals surface area contributed by atoms with E-state index < -0.39 is 23.7 Å². The zero-order valence-electron chi connectivity index (χ0n) is 21.7. The molecular weight excluding hydrogens is 650 g/mol. The maximum atomic E-state index is 7.01. The summed E-state index contributed by atoms with van der Waals surface area (Å²) in [5.74, 6) is 1.73. The molecule has 210 valence electrons. The Hall–Kier alpha value is -2.62. The second kappa shape index (κ2) is 11.8. The van der Waals surface area contributed by atoms with Gasteiger partial charge in [-0.25, -0.2) is 0 Å². The van der Waals surface area contributed by atoms with Gasteiger partial charge in [0.2, 0.25) is 0 Å². The van der Waals surface area contributed by atoms with Crippen LogP contribution in [0.3, 0.4) is 0 Å². The van der Waals surface area contributed by atoms with Crippen LogP contribution in [-0.4, -0.2) is 7.92 Å². The van der Waals surface area contributed by atoms with E-state index >= 15 is 0 Å². The normalized spacial score (nSPS) is 19.0. The van der Waals surface area contributed by atoms with Gasteiger partial charge in [-0.2, -0.15) is 0 Å². The third-order valence-electron chi connectivity index (χ3n) is 6.68. The molecule has 6 aromatic rings. The van der Waals surface area contributed by atoms with E-state index in [2.05, 4.69) is 0 Å². The molecule has 0 aliphatic carbocycles. The van der Waals surface area contributed by atoms with Crippen LogP contribution in [0.5, 0.6) is 17.2 Å². The molecule has 12 heteroatoms. The number of halogens is 3. The Balaban J connectivity index is 1.41. The molecule has 0 spiro atoms. The van der Waals surface area contributed by atoms with Crippen LogP contribution in [0.25, 0.3) is 32.3 Å². The van der Waals surface area contributed by atoms with Crippen LogP contribution in [0.2, 0.25) is 0 Å². The number of hydrogen-bond acceptors (Lipinski definition) is 6. The molecule has 1 aliphatic rings. The van der Waals surface area contributed by atoms with Gasteiger partial charge < -0.3 is 13.6 Å². The maximum Gasteiger partial charge on any atom is 0.425 e. The third kappa shape index (κ3) is 5.22. The van der Waals surface area contributed by atoms with Crippen molar-refractivity contribution in [1.82, 2.24) is 7.92 Å². The Bertz CT molecular complexity index is 1900. The van der Waals surface area contributed by atoms with Gasteiger partial charge in [-0.3, -0.25) is 0 Å². The maximum absolute atomic E-state index is 7.01. The standard InChI is InChI=1S/C30H21Cl3N3O3P3/c31-35-40(33)36(32)42(38-29-20-8-14-23-11-2-5-17-26(23)29,39-30-21-9-15-24-12-3-6-18-27(24)30)34-41(35)37-28-19-7-13-22-10-1-4-16-25(22)28/h1-21H. The van der Waals surface area contributed by atoms with Gasteiger partial charge in [0, 0.05) is 16.2 Å². The summed E-state index contributed by atoms with van der Waals surface area (Å²) in [5.41, 5.74) is 0. The Morgan fingerprint density at radius 1 is 0.548 bits per heavy atom. The van der Waals surface area contributed by atoms with E-state index in [1.807, 2.05) is 127 Å². The molecule has 0 fully saturated rings. The molecule has 0 radical (unpaired) electrons. The molecule has 0 N–H and O–H groups in total. The summed E-state index contributed by atoms with van der Waals surface area (Å²) in [6, 6.07) is 41.2. The molecule has 6 aromatic carbocycles. The summed E-state index contributed by atoms with van der Waals surface area (Å²) in [6.07, 6.45) is 0. The van der Waals surface area contributed by atoms with Gasteiger partial charge in [-0.1, -0.05) is 128 Å². The predicted octanol–water partition coefficient (Wildman–Crippen LogP) is 12.2. The molecule has 1 aliphatic heterocycles. The lowest BCUT2D eigenvalue weighted by molar-refractivity contribution is 0.455. The van der Waals surface area contributed by atoms with E-state index in [4.69, 9.17) is 52.9 Å². The molecule has 1 heterocycles. The molecule has 0 aromatic heterocycles. The van der Waals surface area contributed by atoms with Crippen molar-refractivity contribution in [2.24, 2.45) is 4.52 Å². The molecular formula is C30H21Cl3N3O3P3. The first-order valence-corrected chi connectivity index (χ1v) is 18.4. The largest absolute Gasteiger partial charge is 0.438 e. The molecule has 2 atom stereocenters. The quantitative estimate of drug-likeness (QED) is 0.130. The average molecular weight is 671 g/mol. The Kier molecular flexibility index (Phi) is 7.92. The van der Waals surface area contributed by atoms with Crippen molar-refractivity contribution < 1.29 is 13.6 Å². The van der Waals surface area contributed by atoms with Crippen LogP contribution < -0.4 is 13.6 Å². The Labute approximate surface area is 260 Å². The highest BCUT2D eigenvalue weighted by atomic mass is 35.7. The lowest BCUT2D eigenvalue weighted by Crippen LogP contribution is -2.21. The van der Waals surface area contributed by atoms with E-state index in [1.54, 1.807) is 0 Å². The van der Waals surface area contributed by atoms with E-state index in [0.717, 1.165) is 32.3 Å². The van der Waals surface area contributed by atoms with Crippen molar-refractivity contribution in [3.63, 3.8) is 0 Å². The summed E-state index contributed by atoms with van der Waals surface area (Å²) in [5, 5.41) is 5.70. The van der Waals surface area contributed by atoms with Gasteiger partial charge in [0.15, 0.2) is 7.58 Å². The second-order valence-corrected chi connectivity index (χ2v) is 17.2. The van der Waals surface area contributed by atoms with Crippen molar-refractivity contribution in [3.05, 3.63) is 127 Å². The molecule has 0 amide bonds. The smallest absolute Gasteiger partial charge is 0.425 e. The highest BCUT2D eigenvalue weighted by molar-refractivity contribution is 7.94. The van der Waals surface area contributed by atoms with Crippen LogP contribution in [-0.2, 0) is 0 Å². The number of fused-ring (bicyclic) bond motifs is 3. The van der Waals surface area contributed by atoms with Gasteiger partial charge in [-0.15, -0.1) is 4.52 Å². The van der Waals surface area contributed by atoms with Gasteiger partial charge >= 0.3 is 16.1 Å². The Morgan fingerprint density at radius 3 is 1.45 bits per heavy atom. The molecule has 7 rings (SSSR count). The first-order chi connectivity index (χ1) is 20.5. The van der Waals surface area contributed by atoms with Gasteiger partial charge in [0.1, 0.15) is 17.2 Å². The fourth-order valence-corrected chi connectivity index (χ4v) is 13.8. The van der Waals surface area contributed by atoms with Crippen molar-refractivity contribution >= 4 is 90.8 Å². The summed E-state index contributed by atoms with van der Waals surface area (Å²) < 4.78 is 27.8. The number of benzene rings is 6. The topological polar surface area (TPSA) is 46.5 Å². The summed E-state index contributed by atoms with van der Waals surface area (Å²) >= 11 is 20.7. The minimum atomic E-state index is -3.58.